The van der Waals surface area contributed by atoms with Crippen molar-refractivity contribution in [3.8, 4) is 0 Å². The fraction of sp³-hybridized carbons (Fsp3) is 0.429. The van der Waals surface area contributed by atoms with Crippen LogP contribution in [0, 0.1) is 5.92 Å². The van der Waals surface area contributed by atoms with Crippen LogP contribution in [-0.2, 0) is 19.4 Å². The highest BCUT2D eigenvalue weighted by Crippen LogP contribution is 2.25. The van der Waals surface area contributed by atoms with Gasteiger partial charge in [-0.05, 0) is 68.1 Å². The Balaban J connectivity index is 0.000000287. The van der Waals surface area contributed by atoms with Crippen molar-refractivity contribution in [2.24, 2.45) is 11.7 Å². The van der Waals surface area contributed by atoms with Crippen LogP contribution in [0.3, 0.4) is 0 Å². The molecule has 0 amide bonds. The first-order chi connectivity index (χ1) is 14.7. The highest BCUT2D eigenvalue weighted by Gasteiger charge is 2.10. The first-order valence-corrected chi connectivity index (χ1v) is 11.2. The summed E-state index contributed by atoms with van der Waals surface area (Å²) in [5.41, 5.74) is 10.6. The van der Waals surface area contributed by atoms with Gasteiger partial charge in [0.15, 0.2) is 0 Å². The van der Waals surface area contributed by atoms with Gasteiger partial charge in [0.2, 0.25) is 0 Å². The van der Waals surface area contributed by atoms with Gasteiger partial charge in [-0.1, -0.05) is 91.7 Å². The number of hydrogen-bond acceptors (Lipinski definition) is 2. The molecule has 2 nitrogen and oxygen atoms in total. The molecule has 1 aliphatic rings. The SMILES string of the molecule is C(=C\C1CCCC1)/CCCc1ccccc1.C=C(C)Cc1ccc(CN)cc1.CO. The normalized spacial score (nSPS) is 13.3. The van der Waals surface area contributed by atoms with Crippen LogP contribution in [0.25, 0.3) is 0 Å². The quantitative estimate of drug-likeness (QED) is 0.381. The maximum absolute atomic E-state index is 7.00. The highest BCUT2D eigenvalue weighted by molar-refractivity contribution is 5.25. The summed E-state index contributed by atoms with van der Waals surface area (Å²) in [7, 11) is 1.00. The Labute approximate surface area is 184 Å². The van der Waals surface area contributed by atoms with Crippen molar-refractivity contribution < 1.29 is 5.11 Å². The Morgan fingerprint density at radius 2 is 1.57 bits per heavy atom. The van der Waals surface area contributed by atoms with Crippen LogP contribution in [0.2, 0.25) is 0 Å². The molecule has 0 saturated heterocycles. The van der Waals surface area contributed by atoms with E-state index in [4.69, 9.17) is 10.8 Å². The minimum Gasteiger partial charge on any atom is -0.400 e. The number of unbranched alkanes of at least 4 members (excludes halogenated alkanes) is 1. The van der Waals surface area contributed by atoms with E-state index in [-0.39, 0.29) is 0 Å². The molecule has 1 aliphatic carbocycles. The molecule has 3 N–H and O–H groups in total. The lowest BCUT2D eigenvalue weighted by molar-refractivity contribution is 0.399. The third-order valence-electron chi connectivity index (χ3n) is 5.25. The zero-order valence-corrected chi connectivity index (χ0v) is 19.0. The van der Waals surface area contributed by atoms with Crippen LogP contribution in [0.4, 0.5) is 0 Å². The zero-order valence-electron chi connectivity index (χ0n) is 19.0. The molecule has 0 spiro atoms. The molecule has 0 radical (unpaired) electrons. The molecule has 2 aromatic carbocycles. The second-order valence-electron chi connectivity index (χ2n) is 8.01. The van der Waals surface area contributed by atoms with Crippen LogP contribution < -0.4 is 5.73 Å². The van der Waals surface area contributed by atoms with Gasteiger partial charge >= 0.3 is 0 Å². The van der Waals surface area contributed by atoms with E-state index in [0.717, 1.165) is 19.4 Å². The van der Waals surface area contributed by atoms with Crippen molar-refractivity contribution in [3.05, 3.63) is 95.6 Å². The van der Waals surface area contributed by atoms with E-state index >= 15 is 0 Å². The van der Waals surface area contributed by atoms with E-state index in [2.05, 4.69) is 73.3 Å². The lowest BCUT2D eigenvalue weighted by atomic mass is 10.1. The van der Waals surface area contributed by atoms with E-state index in [9.17, 15) is 0 Å². The molecular weight excluding hydrogens is 366 g/mol. The van der Waals surface area contributed by atoms with Crippen molar-refractivity contribution in [2.75, 3.05) is 7.11 Å². The largest absolute Gasteiger partial charge is 0.400 e. The molecule has 0 unspecified atom stereocenters. The lowest BCUT2D eigenvalue weighted by Crippen LogP contribution is -1.96. The fourth-order valence-corrected chi connectivity index (χ4v) is 3.65. The second-order valence-corrected chi connectivity index (χ2v) is 8.01. The number of allylic oxidation sites excluding steroid dienone is 3. The average Bonchev–Trinajstić information content (AvgIpc) is 3.30. The Hall–Kier alpha value is -2.16. The van der Waals surface area contributed by atoms with E-state index in [1.165, 1.54) is 67.2 Å². The number of aliphatic hydroxyl groups is 1. The molecule has 0 aromatic heterocycles. The number of aliphatic hydroxyl groups excluding tert-OH is 1. The predicted octanol–water partition coefficient (Wildman–Crippen LogP) is 6.63. The van der Waals surface area contributed by atoms with Crippen LogP contribution in [0.1, 0.15) is 62.1 Å². The van der Waals surface area contributed by atoms with Crippen molar-refractivity contribution in [1.29, 1.82) is 0 Å². The maximum Gasteiger partial charge on any atom is 0.0319 e. The molecule has 0 heterocycles. The van der Waals surface area contributed by atoms with Crippen LogP contribution in [0.5, 0.6) is 0 Å². The average molecular weight is 408 g/mol. The third kappa shape index (κ3) is 11.7. The van der Waals surface area contributed by atoms with Crippen LogP contribution in [-0.4, -0.2) is 12.2 Å². The van der Waals surface area contributed by atoms with Crippen molar-refractivity contribution >= 4 is 0 Å². The highest BCUT2D eigenvalue weighted by atomic mass is 16.2. The maximum atomic E-state index is 7.00. The summed E-state index contributed by atoms with van der Waals surface area (Å²) >= 11 is 0. The summed E-state index contributed by atoms with van der Waals surface area (Å²) in [6.07, 6.45) is 15.3. The molecular formula is C28H41NO. The third-order valence-corrected chi connectivity index (χ3v) is 5.25. The van der Waals surface area contributed by atoms with Crippen molar-refractivity contribution in [1.82, 2.24) is 0 Å². The predicted molar refractivity (Wildman–Crippen MR) is 131 cm³/mol. The van der Waals surface area contributed by atoms with E-state index in [1.807, 2.05) is 6.92 Å². The van der Waals surface area contributed by atoms with Crippen LogP contribution in [0.15, 0.2) is 78.9 Å². The van der Waals surface area contributed by atoms with E-state index < -0.39 is 0 Å². The number of hydrogen-bond donors (Lipinski definition) is 2. The van der Waals surface area contributed by atoms with Gasteiger partial charge in [0, 0.05) is 13.7 Å². The van der Waals surface area contributed by atoms with E-state index in [1.54, 1.807) is 0 Å². The summed E-state index contributed by atoms with van der Waals surface area (Å²) in [6, 6.07) is 19.1. The van der Waals surface area contributed by atoms with Gasteiger partial charge in [0.1, 0.15) is 0 Å². The van der Waals surface area contributed by atoms with Gasteiger partial charge in [-0.25, -0.2) is 0 Å². The summed E-state index contributed by atoms with van der Waals surface area (Å²) in [6.45, 7) is 6.53. The molecule has 2 heteroatoms. The Morgan fingerprint density at radius 3 is 2.13 bits per heavy atom. The molecule has 1 fully saturated rings. The Morgan fingerprint density at radius 1 is 0.967 bits per heavy atom. The topological polar surface area (TPSA) is 46.2 Å². The molecule has 3 rings (SSSR count). The molecule has 164 valence electrons. The second kappa shape index (κ2) is 16.6. The summed E-state index contributed by atoms with van der Waals surface area (Å²) in [5, 5.41) is 7.00. The lowest BCUT2D eigenvalue weighted by Gasteiger charge is -2.01. The summed E-state index contributed by atoms with van der Waals surface area (Å²) in [5.74, 6) is 0.900. The molecule has 0 aliphatic heterocycles. The van der Waals surface area contributed by atoms with Gasteiger partial charge in [-0.2, -0.15) is 0 Å². The van der Waals surface area contributed by atoms with Crippen molar-refractivity contribution in [2.45, 2.75) is 64.8 Å². The van der Waals surface area contributed by atoms with Crippen molar-refractivity contribution in [3.63, 3.8) is 0 Å². The summed E-state index contributed by atoms with van der Waals surface area (Å²) < 4.78 is 0. The van der Waals surface area contributed by atoms with E-state index in [0.29, 0.717) is 6.54 Å². The Bertz CT molecular complexity index is 697. The molecule has 0 bridgehead atoms. The first-order valence-electron chi connectivity index (χ1n) is 11.2. The summed E-state index contributed by atoms with van der Waals surface area (Å²) in [4.78, 5) is 0. The number of aryl methyl sites for hydroxylation is 1. The van der Waals surface area contributed by atoms with Gasteiger partial charge < -0.3 is 10.8 Å². The van der Waals surface area contributed by atoms with Gasteiger partial charge in [0.05, 0.1) is 0 Å². The number of nitrogens with two attached hydrogens (primary N) is 1. The zero-order chi connectivity index (χ0) is 22.0. The molecule has 0 atom stereocenters. The first kappa shape index (κ1) is 25.9. The minimum atomic E-state index is 0.618. The standard InChI is InChI=1S/C16H22.C11H15N.CH4O/c1-3-9-15(10-4-1)11-5-2-6-12-16-13-7-8-14-16;1-9(2)7-10-3-5-11(8-12)6-4-10;1-2/h1,3-4,6,9-10,12,16H,2,5,7-8,11,13-14H2;3-6H,1,7-8,12H2,2H3;2H,1H3/b12-6+;;. The smallest absolute Gasteiger partial charge is 0.0319 e. The molecule has 1 saturated carbocycles. The van der Waals surface area contributed by atoms with Gasteiger partial charge in [-0.15, -0.1) is 0 Å². The monoisotopic (exact) mass is 407 g/mol. The fourth-order valence-electron chi connectivity index (χ4n) is 3.65. The molecule has 30 heavy (non-hydrogen) atoms. The molecule has 2 aromatic rings. The van der Waals surface area contributed by atoms with Gasteiger partial charge in [-0.3, -0.25) is 0 Å². The number of benzene rings is 2. The Kier molecular flexibility index (Phi) is 14.3. The number of rotatable bonds is 8. The minimum absolute atomic E-state index is 0.618. The van der Waals surface area contributed by atoms with Crippen LogP contribution >= 0.6 is 0 Å². The van der Waals surface area contributed by atoms with Gasteiger partial charge in [0.25, 0.3) is 0 Å².